The van der Waals surface area contributed by atoms with E-state index in [1.807, 2.05) is 18.2 Å². The van der Waals surface area contributed by atoms with Gasteiger partial charge >= 0.3 is 12.4 Å². The minimum atomic E-state index is -4.37. The third kappa shape index (κ3) is 4.44. The zero-order valence-electron chi connectivity index (χ0n) is 17.0. The molecule has 1 heterocycles. The number of fused-ring (bicyclic) bond motifs is 1. The maximum Gasteiger partial charge on any atom is 0.434 e. The van der Waals surface area contributed by atoms with Gasteiger partial charge in [-0.1, -0.05) is 37.3 Å². The summed E-state index contributed by atoms with van der Waals surface area (Å²) < 4.78 is 63.9. The largest absolute Gasteiger partial charge is 0.434 e. The van der Waals surface area contributed by atoms with Crippen LogP contribution in [0.1, 0.15) is 47.9 Å². The summed E-state index contributed by atoms with van der Waals surface area (Å²) in [7, 11) is -4.37. The monoisotopic (exact) mass is 465 g/mol. The number of hydrogen-bond donors (Lipinski definition) is 2. The first-order valence-corrected chi connectivity index (χ1v) is 11.5. The smallest absolute Gasteiger partial charge is 0.433 e. The molecular formula is C21H21F2N3O5S. The van der Waals surface area contributed by atoms with Gasteiger partial charge in [0.15, 0.2) is 0 Å². The van der Waals surface area contributed by atoms with E-state index in [4.69, 9.17) is 4.42 Å². The van der Waals surface area contributed by atoms with Gasteiger partial charge in [0.25, 0.3) is 0 Å². The number of benzene rings is 2. The van der Waals surface area contributed by atoms with Gasteiger partial charge in [0, 0.05) is 5.92 Å². The molecule has 1 aromatic heterocycles. The summed E-state index contributed by atoms with van der Waals surface area (Å²) in [6.45, 7) is -1.41. The van der Waals surface area contributed by atoms with Crippen molar-refractivity contribution in [1.29, 1.82) is 0 Å². The van der Waals surface area contributed by atoms with Crippen LogP contribution in [-0.2, 0) is 22.9 Å². The minimum Gasteiger partial charge on any atom is -0.433 e. The van der Waals surface area contributed by atoms with Crippen molar-refractivity contribution < 1.29 is 26.4 Å². The summed E-state index contributed by atoms with van der Waals surface area (Å²) >= 11 is 0. The Morgan fingerprint density at radius 2 is 1.94 bits per heavy atom. The van der Waals surface area contributed by atoms with E-state index in [2.05, 4.69) is 19.7 Å². The highest BCUT2D eigenvalue weighted by Crippen LogP contribution is 2.37. The van der Waals surface area contributed by atoms with Gasteiger partial charge in [-0.3, -0.25) is 0 Å². The summed E-state index contributed by atoms with van der Waals surface area (Å²) in [4.78, 5) is 11.1. The van der Waals surface area contributed by atoms with Crippen molar-refractivity contribution in [3.8, 4) is 5.75 Å². The molecule has 0 fully saturated rings. The third-order valence-corrected chi connectivity index (χ3v) is 7.01. The van der Waals surface area contributed by atoms with Crippen LogP contribution < -0.4 is 15.2 Å². The summed E-state index contributed by atoms with van der Waals surface area (Å²) in [5.74, 6) is -1.97. The lowest BCUT2D eigenvalue weighted by atomic mass is 9.88. The summed E-state index contributed by atoms with van der Waals surface area (Å²) in [5.41, 5.74) is 3.22. The van der Waals surface area contributed by atoms with E-state index in [9.17, 15) is 22.0 Å². The highest BCUT2D eigenvalue weighted by Gasteiger charge is 2.34. The van der Waals surface area contributed by atoms with Crippen LogP contribution in [0.4, 0.5) is 8.78 Å². The molecule has 3 aromatic rings. The molecule has 2 atom stereocenters. The first-order chi connectivity index (χ1) is 15.3. The Balaban J connectivity index is 1.75. The van der Waals surface area contributed by atoms with Gasteiger partial charge in [-0.25, -0.2) is 18.3 Å². The number of H-pyrrole nitrogens is 1. The van der Waals surface area contributed by atoms with Gasteiger partial charge in [-0.05, 0) is 48.1 Å². The van der Waals surface area contributed by atoms with Crippen molar-refractivity contribution in [3.05, 3.63) is 75.6 Å². The minimum absolute atomic E-state index is 0.158. The fourth-order valence-corrected chi connectivity index (χ4v) is 5.50. The van der Waals surface area contributed by atoms with Gasteiger partial charge in [0.1, 0.15) is 16.7 Å². The van der Waals surface area contributed by atoms with Crippen molar-refractivity contribution >= 4 is 10.0 Å². The molecule has 0 saturated carbocycles. The Bertz CT molecular complexity index is 1270. The molecule has 2 N–H and O–H groups in total. The van der Waals surface area contributed by atoms with Crippen LogP contribution in [0.3, 0.4) is 0 Å². The number of halogens is 2. The van der Waals surface area contributed by atoms with Crippen LogP contribution >= 0.6 is 0 Å². The van der Waals surface area contributed by atoms with E-state index >= 15 is 0 Å². The number of ether oxygens (including phenoxy) is 1. The standard InChI is InChI=1S/C21H21F2N3O5S/c1-12(14-8-4-6-13-7-5-9-15(13)14)18(19-24-25-21(27)31-19)26-32(28,29)17-11-3-2-10-16(17)30-20(22)23/h2-4,6,8,10-12,18,20,26H,5,7,9H2,1H3,(H,25,27). The maximum absolute atomic E-state index is 13.2. The fraction of sp³-hybridized carbons (Fsp3) is 0.333. The number of hydrogen-bond acceptors (Lipinski definition) is 6. The van der Waals surface area contributed by atoms with E-state index in [0.717, 1.165) is 42.5 Å². The lowest BCUT2D eigenvalue weighted by Gasteiger charge is -2.25. The molecule has 0 radical (unpaired) electrons. The molecule has 32 heavy (non-hydrogen) atoms. The molecule has 0 bridgehead atoms. The fourth-order valence-electron chi connectivity index (χ4n) is 4.09. The van der Waals surface area contributed by atoms with Crippen molar-refractivity contribution in [2.45, 2.75) is 49.7 Å². The first kappa shape index (κ1) is 22.2. The highest BCUT2D eigenvalue weighted by molar-refractivity contribution is 7.89. The maximum atomic E-state index is 13.2. The average Bonchev–Trinajstić information content (AvgIpc) is 3.40. The van der Waals surface area contributed by atoms with Crippen molar-refractivity contribution in [2.75, 3.05) is 0 Å². The van der Waals surface area contributed by atoms with Gasteiger partial charge < -0.3 is 9.15 Å². The number of aryl methyl sites for hydroxylation is 1. The Morgan fingerprint density at radius 1 is 1.16 bits per heavy atom. The molecule has 0 saturated heterocycles. The van der Waals surface area contributed by atoms with E-state index in [-0.39, 0.29) is 5.89 Å². The number of nitrogens with one attached hydrogen (secondary N) is 2. The lowest BCUT2D eigenvalue weighted by molar-refractivity contribution is -0.0517. The second-order valence-electron chi connectivity index (χ2n) is 7.50. The summed E-state index contributed by atoms with van der Waals surface area (Å²) in [6.07, 6.45) is 2.78. The Labute approximate surface area is 182 Å². The molecule has 0 aliphatic heterocycles. The molecular weight excluding hydrogens is 444 g/mol. The van der Waals surface area contributed by atoms with E-state index in [1.165, 1.54) is 17.7 Å². The zero-order valence-corrected chi connectivity index (χ0v) is 17.9. The third-order valence-electron chi connectivity index (χ3n) is 5.53. The number of aromatic amines is 1. The molecule has 11 heteroatoms. The molecule has 170 valence electrons. The van der Waals surface area contributed by atoms with Gasteiger partial charge in [0.05, 0.1) is 0 Å². The van der Waals surface area contributed by atoms with E-state index < -0.39 is 45.0 Å². The Morgan fingerprint density at radius 3 is 2.66 bits per heavy atom. The molecule has 2 unspecified atom stereocenters. The number of sulfonamides is 1. The topological polar surface area (TPSA) is 114 Å². The van der Waals surface area contributed by atoms with Crippen molar-refractivity contribution in [2.24, 2.45) is 0 Å². The second-order valence-corrected chi connectivity index (χ2v) is 9.19. The molecule has 1 aliphatic rings. The predicted octanol–water partition coefficient (Wildman–Crippen LogP) is 3.28. The molecule has 8 nitrogen and oxygen atoms in total. The molecule has 0 spiro atoms. The van der Waals surface area contributed by atoms with Gasteiger partial charge in [0.2, 0.25) is 15.9 Å². The number of rotatable bonds is 8. The number of aromatic nitrogens is 2. The van der Waals surface area contributed by atoms with Crippen LogP contribution in [0.5, 0.6) is 5.75 Å². The number of alkyl halides is 2. The molecule has 2 aromatic carbocycles. The van der Waals surface area contributed by atoms with Crippen molar-refractivity contribution in [1.82, 2.24) is 14.9 Å². The zero-order chi connectivity index (χ0) is 22.9. The van der Waals surface area contributed by atoms with Crippen molar-refractivity contribution in [3.63, 3.8) is 0 Å². The molecule has 4 rings (SSSR count). The van der Waals surface area contributed by atoms with Crippen LogP contribution in [0, 0.1) is 0 Å². The lowest BCUT2D eigenvalue weighted by Crippen LogP contribution is -2.33. The average molecular weight is 465 g/mol. The van der Waals surface area contributed by atoms with E-state index in [0.29, 0.717) is 0 Å². The number of nitrogens with zero attached hydrogens (tertiary/aromatic N) is 1. The summed E-state index contributed by atoms with van der Waals surface area (Å²) in [5, 5.41) is 5.96. The van der Waals surface area contributed by atoms with Crippen LogP contribution in [0.25, 0.3) is 0 Å². The highest BCUT2D eigenvalue weighted by atomic mass is 32.2. The van der Waals surface area contributed by atoms with Crippen LogP contribution in [0.2, 0.25) is 0 Å². The Kier molecular flexibility index (Phi) is 6.11. The predicted molar refractivity (Wildman–Crippen MR) is 110 cm³/mol. The van der Waals surface area contributed by atoms with Crippen LogP contribution in [-0.4, -0.2) is 25.2 Å². The SMILES string of the molecule is CC(c1cccc2c1CCC2)C(NS(=O)(=O)c1ccccc1OC(F)F)c1n[nH]c(=O)o1. The Hall–Kier alpha value is -3.05. The van der Waals surface area contributed by atoms with Crippen LogP contribution in [0.15, 0.2) is 56.6 Å². The first-order valence-electron chi connectivity index (χ1n) is 9.98. The normalized spacial score (nSPS) is 15.5. The summed E-state index contributed by atoms with van der Waals surface area (Å²) in [6, 6.07) is 9.82. The second kappa shape index (κ2) is 8.83. The molecule has 0 amide bonds. The molecule has 1 aliphatic carbocycles. The number of para-hydroxylation sites is 1. The quantitative estimate of drug-likeness (QED) is 0.528. The van der Waals surface area contributed by atoms with Gasteiger partial charge in [-0.2, -0.15) is 13.5 Å². The van der Waals surface area contributed by atoms with Gasteiger partial charge in [-0.15, -0.1) is 5.10 Å². The van der Waals surface area contributed by atoms with E-state index in [1.54, 1.807) is 6.92 Å².